The molecule has 0 bridgehead atoms. The fourth-order valence-electron chi connectivity index (χ4n) is 4.57. The van der Waals surface area contributed by atoms with Crippen LogP contribution < -0.4 is 16.0 Å². The van der Waals surface area contributed by atoms with Crippen molar-refractivity contribution < 1.29 is 23.7 Å². The zero-order valence-electron chi connectivity index (χ0n) is 19.0. The maximum absolute atomic E-state index is 13.6. The third-order valence-corrected chi connectivity index (χ3v) is 6.47. The molecule has 0 spiro atoms. The molecule has 2 atom stereocenters. The molecule has 10 nitrogen and oxygen atoms in total. The van der Waals surface area contributed by atoms with Gasteiger partial charge in [0, 0.05) is 37.8 Å². The molecule has 2 unspecified atom stereocenters. The highest BCUT2D eigenvalue weighted by molar-refractivity contribution is 6.03. The summed E-state index contributed by atoms with van der Waals surface area (Å²) < 4.78 is 13.6. The van der Waals surface area contributed by atoms with Gasteiger partial charge in [0.1, 0.15) is 0 Å². The molecular weight excluding hydrogens is 457 g/mol. The second-order valence-electron chi connectivity index (χ2n) is 8.96. The van der Waals surface area contributed by atoms with Crippen LogP contribution in [0.25, 0.3) is 0 Å². The van der Waals surface area contributed by atoms with E-state index in [9.17, 15) is 28.9 Å². The lowest BCUT2D eigenvalue weighted by molar-refractivity contribution is -0.387. The number of carbonyl (C=O) groups excluding carboxylic acids is 3. The number of piperidine rings is 1. The zero-order valence-corrected chi connectivity index (χ0v) is 19.0. The largest absolute Gasteiger partial charge is 0.369 e. The molecule has 2 aromatic carbocycles. The lowest BCUT2D eigenvalue weighted by Gasteiger charge is -2.31. The van der Waals surface area contributed by atoms with Crippen LogP contribution in [0.1, 0.15) is 24.8 Å². The topological polar surface area (TPSA) is 139 Å². The van der Waals surface area contributed by atoms with Gasteiger partial charge in [-0.1, -0.05) is 12.1 Å². The van der Waals surface area contributed by atoms with E-state index in [-0.39, 0.29) is 42.3 Å². The van der Waals surface area contributed by atoms with Crippen molar-refractivity contribution in [2.45, 2.75) is 25.8 Å². The van der Waals surface area contributed by atoms with E-state index in [2.05, 4.69) is 10.2 Å². The lowest BCUT2D eigenvalue weighted by Crippen LogP contribution is -2.40. The van der Waals surface area contributed by atoms with Crippen LogP contribution in [-0.4, -0.2) is 47.2 Å². The first-order chi connectivity index (χ1) is 16.7. The monoisotopic (exact) mass is 483 g/mol. The van der Waals surface area contributed by atoms with E-state index in [1.165, 1.54) is 11.0 Å². The summed E-state index contributed by atoms with van der Waals surface area (Å²) in [5, 5.41) is 13.8. The van der Waals surface area contributed by atoms with Crippen LogP contribution in [0.2, 0.25) is 0 Å². The Balaban J connectivity index is 1.34. The number of halogens is 1. The molecule has 2 fully saturated rings. The number of nitrogens with zero attached hydrogens (tertiary/aromatic N) is 3. The molecule has 35 heavy (non-hydrogen) atoms. The standard InChI is InChI=1S/C24H26FN5O5/c25-20-8-7-19(11-21(20)30(34)35)29-14-17(10-22(29)31)24(33)27-18-5-3-15(4-6-18)12-28-9-1-2-16(13-28)23(26)32/h3-8,11,16-17H,1-2,9-10,12-14H2,(H2,26,32)(H,27,33). The van der Waals surface area contributed by atoms with Crippen LogP contribution in [0.15, 0.2) is 42.5 Å². The molecule has 4 rings (SSSR count). The molecule has 3 N–H and O–H groups in total. The maximum atomic E-state index is 13.6. The third-order valence-electron chi connectivity index (χ3n) is 6.47. The summed E-state index contributed by atoms with van der Waals surface area (Å²) in [5.74, 6) is -2.74. The number of anilines is 2. The molecule has 0 aromatic heterocycles. The molecule has 3 amide bonds. The molecular formula is C24H26FN5O5. The average Bonchev–Trinajstić information content (AvgIpc) is 3.22. The van der Waals surface area contributed by atoms with Gasteiger partial charge in [-0.25, -0.2) is 0 Å². The van der Waals surface area contributed by atoms with Crippen molar-refractivity contribution >= 4 is 34.8 Å². The molecule has 2 aliphatic heterocycles. The fourth-order valence-corrected chi connectivity index (χ4v) is 4.57. The van der Waals surface area contributed by atoms with E-state index in [1.54, 1.807) is 12.1 Å². The highest BCUT2D eigenvalue weighted by Gasteiger charge is 2.36. The van der Waals surface area contributed by atoms with E-state index in [0.717, 1.165) is 37.1 Å². The average molecular weight is 484 g/mol. The summed E-state index contributed by atoms with van der Waals surface area (Å²) in [6.07, 6.45) is 1.69. The first-order valence-electron chi connectivity index (χ1n) is 11.4. The van der Waals surface area contributed by atoms with Crippen molar-refractivity contribution in [3.8, 4) is 0 Å². The molecule has 0 saturated carbocycles. The normalized spacial score (nSPS) is 20.6. The number of likely N-dealkylation sites (tertiary alicyclic amines) is 1. The van der Waals surface area contributed by atoms with Gasteiger partial charge in [0.2, 0.25) is 23.5 Å². The summed E-state index contributed by atoms with van der Waals surface area (Å²) >= 11 is 0. The molecule has 2 saturated heterocycles. The van der Waals surface area contributed by atoms with Crippen molar-refractivity contribution in [2.24, 2.45) is 17.6 Å². The van der Waals surface area contributed by atoms with Crippen LogP contribution in [0, 0.1) is 27.8 Å². The molecule has 0 aliphatic carbocycles. The Bertz CT molecular complexity index is 1160. The number of carbonyl (C=O) groups is 3. The van der Waals surface area contributed by atoms with E-state index in [1.807, 2.05) is 12.1 Å². The van der Waals surface area contributed by atoms with Gasteiger partial charge < -0.3 is 16.0 Å². The van der Waals surface area contributed by atoms with Gasteiger partial charge >= 0.3 is 5.69 Å². The first-order valence-corrected chi connectivity index (χ1v) is 11.4. The number of primary amides is 1. The Morgan fingerprint density at radius 2 is 1.89 bits per heavy atom. The third kappa shape index (κ3) is 5.62. The van der Waals surface area contributed by atoms with E-state index >= 15 is 0 Å². The van der Waals surface area contributed by atoms with E-state index in [0.29, 0.717) is 18.8 Å². The minimum atomic E-state index is -0.990. The Labute approximate surface area is 201 Å². The van der Waals surface area contributed by atoms with Gasteiger partial charge in [-0.15, -0.1) is 0 Å². The highest BCUT2D eigenvalue weighted by Crippen LogP contribution is 2.30. The predicted molar refractivity (Wildman–Crippen MR) is 126 cm³/mol. The van der Waals surface area contributed by atoms with Gasteiger partial charge in [-0.05, 0) is 49.2 Å². The second kappa shape index (κ2) is 10.2. The van der Waals surface area contributed by atoms with Crippen LogP contribution in [0.5, 0.6) is 0 Å². The summed E-state index contributed by atoms with van der Waals surface area (Å²) in [7, 11) is 0. The van der Waals surface area contributed by atoms with Gasteiger partial charge in [-0.3, -0.25) is 29.4 Å². The predicted octanol–water partition coefficient (Wildman–Crippen LogP) is 2.42. The number of rotatable bonds is 7. The maximum Gasteiger partial charge on any atom is 0.306 e. The van der Waals surface area contributed by atoms with Crippen LogP contribution >= 0.6 is 0 Å². The summed E-state index contributed by atoms with van der Waals surface area (Å²) in [6.45, 7) is 2.25. The minimum absolute atomic E-state index is 0.0432. The number of hydrogen-bond donors (Lipinski definition) is 2. The van der Waals surface area contributed by atoms with Crippen LogP contribution in [0.3, 0.4) is 0 Å². The Hall–Kier alpha value is -3.86. The molecule has 2 aliphatic rings. The van der Waals surface area contributed by atoms with Crippen molar-refractivity contribution in [2.75, 3.05) is 29.9 Å². The Kier molecular flexibility index (Phi) is 7.06. The molecule has 2 heterocycles. The smallest absolute Gasteiger partial charge is 0.306 e. The van der Waals surface area contributed by atoms with Gasteiger partial charge in [0.05, 0.1) is 22.4 Å². The lowest BCUT2D eigenvalue weighted by atomic mass is 9.97. The highest BCUT2D eigenvalue weighted by atomic mass is 19.1. The fraction of sp³-hybridized carbons (Fsp3) is 0.375. The van der Waals surface area contributed by atoms with Crippen LogP contribution in [-0.2, 0) is 20.9 Å². The van der Waals surface area contributed by atoms with Crippen LogP contribution in [0.4, 0.5) is 21.5 Å². The summed E-state index contributed by atoms with van der Waals surface area (Å²) in [4.78, 5) is 50.3. The number of nitrogens with two attached hydrogens (primary N) is 1. The minimum Gasteiger partial charge on any atom is -0.369 e. The molecule has 11 heteroatoms. The number of hydrogen-bond acceptors (Lipinski definition) is 6. The molecule has 0 radical (unpaired) electrons. The van der Waals surface area contributed by atoms with Crippen molar-refractivity contribution in [1.82, 2.24) is 4.90 Å². The zero-order chi connectivity index (χ0) is 25.1. The van der Waals surface area contributed by atoms with Crippen molar-refractivity contribution in [1.29, 1.82) is 0 Å². The number of benzene rings is 2. The van der Waals surface area contributed by atoms with E-state index < -0.39 is 22.3 Å². The Morgan fingerprint density at radius 1 is 1.14 bits per heavy atom. The van der Waals surface area contributed by atoms with Crippen molar-refractivity contribution in [3.05, 3.63) is 64.0 Å². The SMILES string of the molecule is NC(=O)C1CCCN(Cc2ccc(NC(=O)C3CC(=O)N(c4ccc(F)c([N+](=O)[O-])c4)C3)cc2)C1. The van der Waals surface area contributed by atoms with Gasteiger partial charge in [0.15, 0.2) is 0 Å². The van der Waals surface area contributed by atoms with Crippen molar-refractivity contribution in [3.63, 3.8) is 0 Å². The number of nitro groups is 1. The Morgan fingerprint density at radius 3 is 2.57 bits per heavy atom. The molecule has 2 aromatic rings. The number of nitrogens with one attached hydrogen (secondary N) is 1. The van der Waals surface area contributed by atoms with E-state index in [4.69, 9.17) is 5.73 Å². The molecule has 184 valence electrons. The van der Waals surface area contributed by atoms with Gasteiger partial charge in [0.25, 0.3) is 0 Å². The second-order valence-corrected chi connectivity index (χ2v) is 8.96. The number of amides is 3. The quantitative estimate of drug-likeness (QED) is 0.458. The van der Waals surface area contributed by atoms with Gasteiger partial charge in [-0.2, -0.15) is 4.39 Å². The summed E-state index contributed by atoms with van der Waals surface area (Å²) in [5.41, 5.74) is 6.51. The number of nitro benzene ring substituents is 1. The summed E-state index contributed by atoms with van der Waals surface area (Å²) in [6, 6.07) is 10.6. The first kappa shape index (κ1) is 24.3.